The van der Waals surface area contributed by atoms with Crippen molar-refractivity contribution in [2.24, 2.45) is 10.8 Å². The zero-order chi connectivity index (χ0) is 19.3. The van der Waals surface area contributed by atoms with Crippen LogP contribution in [0.4, 0.5) is 0 Å². The number of hydrogen-bond acceptors (Lipinski definition) is 3. The van der Waals surface area contributed by atoms with E-state index < -0.39 is 0 Å². The van der Waals surface area contributed by atoms with Crippen molar-refractivity contribution in [3.05, 3.63) is 47.0 Å². The Labute approximate surface area is 157 Å². The molecule has 140 valence electrons. The molecule has 3 heteroatoms. The molecule has 25 heavy (non-hydrogen) atoms. The van der Waals surface area contributed by atoms with E-state index in [1.807, 2.05) is 23.9 Å². The molecule has 2 atom stereocenters. The van der Waals surface area contributed by atoms with Crippen LogP contribution >= 0.6 is 11.8 Å². The monoisotopic (exact) mass is 362 g/mol. The van der Waals surface area contributed by atoms with Crippen LogP contribution in [0.15, 0.2) is 47.0 Å². The number of aliphatic hydroxyl groups excluding tert-OH is 2. The van der Waals surface area contributed by atoms with E-state index in [1.165, 1.54) is 0 Å². The molecule has 0 aliphatic heterocycles. The maximum absolute atomic E-state index is 10.3. The van der Waals surface area contributed by atoms with Crippen LogP contribution < -0.4 is 0 Å². The van der Waals surface area contributed by atoms with E-state index in [2.05, 4.69) is 67.5 Å². The number of allylic oxidation sites excluding steroid dienone is 4. The minimum atomic E-state index is -0.0795. The molecule has 2 N–H and O–H groups in total. The van der Waals surface area contributed by atoms with E-state index in [9.17, 15) is 10.2 Å². The molecule has 2 rings (SSSR count). The predicted molar refractivity (Wildman–Crippen MR) is 110 cm³/mol. The Bertz CT molecular complexity index is 609. The second-order valence-electron chi connectivity index (χ2n) is 9.98. The maximum Gasteiger partial charge on any atom is 0.115 e. The molecule has 2 nitrogen and oxygen atoms in total. The highest BCUT2D eigenvalue weighted by Crippen LogP contribution is 2.52. The topological polar surface area (TPSA) is 40.5 Å². The van der Waals surface area contributed by atoms with Crippen molar-refractivity contribution in [3.8, 4) is 0 Å². The highest BCUT2D eigenvalue weighted by atomic mass is 32.2. The summed E-state index contributed by atoms with van der Waals surface area (Å²) in [5, 5.41) is 20.6. The fourth-order valence-electron chi connectivity index (χ4n) is 3.68. The fourth-order valence-corrected chi connectivity index (χ4v) is 5.45. The zero-order valence-corrected chi connectivity index (χ0v) is 17.8. The standard InChI is InChI=1S/C22H34O2S/c1-19(2,3)15-13-21(7,11-9-17(15)23)25-22(8)12-10-18(24)16(14-22)20(4,5)6/h9-12,23-24H,13-14H2,1-8H3. The molecule has 0 spiro atoms. The molecule has 0 bridgehead atoms. The first-order chi connectivity index (χ1) is 11.2. The number of rotatable bonds is 2. The molecule has 0 aromatic carbocycles. The second kappa shape index (κ2) is 6.26. The van der Waals surface area contributed by atoms with Crippen LogP contribution in [0, 0.1) is 10.8 Å². The van der Waals surface area contributed by atoms with Crippen LogP contribution in [-0.4, -0.2) is 19.7 Å². The third-order valence-corrected chi connectivity index (χ3v) is 6.63. The van der Waals surface area contributed by atoms with E-state index in [0.717, 1.165) is 24.0 Å². The molecule has 0 fully saturated rings. The zero-order valence-electron chi connectivity index (χ0n) is 17.0. The lowest BCUT2D eigenvalue weighted by molar-refractivity contribution is 0.367. The Morgan fingerprint density at radius 3 is 1.36 bits per heavy atom. The number of aliphatic hydroxyl groups is 2. The lowest BCUT2D eigenvalue weighted by Crippen LogP contribution is -2.35. The largest absolute Gasteiger partial charge is 0.508 e. The SMILES string of the molecule is CC1(SC2(C)C=CC(O)=C(C(C)(C)C)C2)C=CC(O)=C(C(C)(C)C)C1. The molecule has 2 aliphatic carbocycles. The van der Waals surface area contributed by atoms with E-state index in [4.69, 9.17) is 0 Å². The summed E-state index contributed by atoms with van der Waals surface area (Å²) in [5.41, 5.74) is 2.13. The second-order valence-corrected chi connectivity index (χ2v) is 12.0. The summed E-state index contributed by atoms with van der Waals surface area (Å²) in [6.07, 6.45) is 9.68. The van der Waals surface area contributed by atoms with Gasteiger partial charge in [0.1, 0.15) is 11.5 Å². The number of hydrogen-bond donors (Lipinski definition) is 2. The van der Waals surface area contributed by atoms with Gasteiger partial charge < -0.3 is 10.2 Å². The minimum absolute atomic E-state index is 0.0469. The lowest BCUT2D eigenvalue weighted by Gasteiger charge is -2.43. The highest BCUT2D eigenvalue weighted by Gasteiger charge is 2.41. The van der Waals surface area contributed by atoms with E-state index in [1.54, 1.807) is 0 Å². The molecule has 0 aromatic rings. The van der Waals surface area contributed by atoms with Crippen LogP contribution in [0.1, 0.15) is 68.2 Å². The van der Waals surface area contributed by atoms with Gasteiger partial charge in [-0.3, -0.25) is 0 Å². The predicted octanol–water partition coefficient (Wildman–Crippen LogP) is 6.87. The summed E-state index contributed by atoms with van der Waals surface area (Å²) in [6, 6.07) is 0. The van der Waals surface area contributed by atoms with Gasteiger partial charge in [0.2, 0.25) is 0 Å². The quantitative estimate of drug-likeness (QED) is 0.563. The smallest absolute Gasteiger partial charge is 0.115 e. The summed E-state index contributed by atoms with van der Waals surface area (Å²) in [5.74, 6) is 0.839. The van der Waals surface area contributed by atoms with Gasteiger partial charge in [0, 0.05) is 9.49 Å². The van der Waals surface area contributed by atoms with Crippen molar-refractivity contribution in [1.29, 1.82) is 0 Å². The lowest BCUT2D eigenvalue weighted by atomic mass is 9.77. The Morgan fingerprint density at radius 1 is 0.760 bits per heavy atom. The summed E-state index contributed by atoms with van der Waals surface area (Å²) < 4.78 is -0.159. The molecule has 0 amide bonds. The van der Waals surface area contributed by atoms with Crippen molar-refractivity contribution >= 4 is 11.8 Å². The summed E-state index contributed by atoms with van der Waals surface area (Å²) in [6.45, 7) is 17.4. The van der Waals surface area contributed by atoms with Crippen LogP contribution in [0.3, 0.4) is 0 Å². The minimum Gasteiger partial charge on any atom is -0.508 e. The molecule has 0 heterocycles. The molecule has 2 aliphatic rings. The van der Waals surface area contributed by atoms with Gasteiger partial charge >= 0.3 is 0 Å². The van der Waals surface area contributed by atoms with Crippen LogP contribution in [0.25, 0.3) is 0 Å². The van der Waals surface area contributed by atoms with Gasteiger partial charge in [-0.05, 0) is 60.8 Å². The third kappa shape index (κ3) is 4.55. The first-order valence-corrected chi connectivity index (χ1v) is 9.91. The van der Waals surface area contributed by atoms with E-state index in [-0.39, 0.29) is 20.3 Å². The normalized spacial score (nSPS) is 31.0. The van der Waals surface area contributed by atoms with Crippen molar-refractivity contribution in [2.45, 2.75) is 77.7 Å². The van der Waals surface area contributed by atoms with Gasteiger partial charge in [-0.15, -0.1) is 11.8 Å². The van der Waals surface area contributed by atoms with Crippen LogP contribution in [0.5, 0.6) is 0 Å². The van der Waals surface area contributed by atoms with Crippen molar-refractivity contribution in [3.63, 3.8) is 0 Å². The molecular formula is C22H34O2S. The molecule has 2 unspecified atom stereocenters. The Hall–Kier alpha value is -1.09. The first kappa shape index (κ1) is 20.2. The van der Waals surface area contributed by atoms with Gasteiger partial charge in [0.25, 0.3) is 0 Å². The maximum atomic E-state index is 10.3. The molecule has 0 aromatic heterocycles. The van der Waals surface area contributed by atoms with Crippen LogP contribution in [0.2, 0.25) is 0 Å². The Balaban J connectivity index is 2.26. The van der Waals surface area contributed by atoms with Crippen molar-refractivity contribution in [1.82, 2.24) is 0 Å². The fraction of sp³-hybridized carbons (Fsp3) is 0.636. The van der Waals surface area contributed by atoms with Gasteiger partial charge in [-0.1, -0.05) is 53.7 Å². The summed E-state index contributed by atoms with van der Waals surface area (Å²) >= 11 is 1.93. The molecule has 0 radical (unpaired) electrons. The first-order valence-electron chi connectivity index (χ1n) is 9.09. The molecular weight excluding hydrogens is 328 g/mol. The Morgan fingerprint density at radius 2 is 1.08 bits per heavy atom. The van der Waals surface area contributed by atoms with Crippen LogP contribution in [-0.2, 0) is 0 Å². The summed E-state index contributed by atoms with van der Waals surface area (Å²) in [4.78, 5) is 0. The van der Waals surface area contributed by atoms with Gasteiger partial charge in [-0.25, -0.2) is 0 Å². The van der Waals surface area contributed by atoms with E-state index in [0.29, 0.717) is 11.5 Å². The Kier molecular flexibility index (Phi) is 5.07. The highest BCUT2D eigenvalue weighted by molar-refractivity contribution is 8.02. The van der Waals surface area contributed by atoms with Crippen molar-refractivity contribution < 1.29 is 10.2 Å². The van der Waals surface area contributed by atoms with Gasteiger partial charge in [0.05, 0.1) is 0 Å². The molecule has 0 saturated heterocycles. The average Bonchev–Trinajstić information content (AvgIpc) is 2.42. The average molecular weight is 363 g/mol. The molecule has 0 saturated carbocycles. The third-order valence-electron chi connectivity index (χ3n) is 5.14. The van der Waals surface area contributed by atoms with Gasteiger partial charge in [-0.2, -0.15) is 0 Å². The summed E-state index contributed by atoms with van der Waals surface area (Å²) in [7, 11) is 0. The van der Waals surface area contributed by atoms with Crippen molar-refractivity contribution in [2.75, 3.05) is 0 Å². The van der Waals surface area contributed by atoms with Gasteiger partial charge in [0.15, 0.2) is 0 Å². The number of thioether (sulfide) groups is 1. The van der Waals surface area contributed by atoms with E-state index >= 15 is 0 Å².